The van der Waals surface area contributed by atoms with E-state index in [1.165, 1.54) is 12.1 Å². The minimum absolute atomic E-state index is 0.0816. The number of hydrogen-bond acceptors (Lipinski definition) is 7. The summed E-state index contributed by atoms with van der Waals surface area (Å²) < 4.78 is 0. The van der Waals surface area contributed by atoms with E-state index in [2.05, 4.69) is 30.9 Å². The Labute approximate surface area is 244 Å². The topological polar surface area (TPSA) is 188 Å². The molecule has 0 saturated carbocycles. The molecule has 13 nitrogen and oxygen atoms in total. The molecule has 41 heavy (non-hydrogen) atoms. The van der Waals surface area contributed by atoms with E-state index in [-0.39, 0.29) is 40.1 Å². The minimum Gasteiger partial charge on any atom is -0.480 e. The molecule has 0 spiro atoms. The van der Waals surface area contributed by atoms with Gasteiger partial charge in [0, 0.05) is 24.9 Å². The van der Waals surface area contributed by atoms with Crippen LogP contribution in [0.4, 0.5) is 0 Å². The summed E-state index contributed by atoms with van der Waals surface area (Å²) >= 11 is 12.7. The Kier molecular flexibility index (Phi) is 9.64. The van der Waals surface area contributed by atoms with Crippen LogP contribution in [0, 0.1) is 6.57 Å². The van der Waals surface area contributed by atoms with Gasteiger partial charge >= 0.3 is 5.97 Å². The molecular formula is C26H27Cl2N7O6. The van der Waals surface area contributed by atoms with Gasteiger partial charge in [-0.25, -0.2) is 9.79 Å². The first-order chi connectivity index (χ1) is 19.6. The van der Waals surface area contributed by atoms with Crippen molar-refractivity contribution in [1.82, 2.24) is 25.8 Å². The van der Waals surface area contributed by atoms with Crippen LogP contribution in [0.15, 0.2) is 41.5 Å². The maximum atomic E-state index is 13.0. The highest BCUT2D eigenvalue weighted by atomic mass is 35.5. The number of aliphatic carboxylic acids is 1. The summed E-state index contributed by atoms with van der Waals surface area (Å²) in [6.45, 7) is 7.27. The van der Waals surface area contributed by atoms with Crippen LogP contribution in [0.3, 0.4) is 0 Å². The highest BCUT2D eigenvalue weighted by Gasteiger charge is 2.28. The standard InChI is InChI=1S/C26H27Cl2N7O6/c1-29-34-26(35-5-4-16(36)12-35)30-11-20(25(40)41)32-24(39)23-17(27)6-15(7-18(23)28)22(38)9-21(37)13-2-3-14-10-31-33-19(14)8-13/h2-3,6-8,10,16,20-22,36-38H,4-5,9,11-12H2,(H,30,34)(H,31,33)(H,32,39)(H,40,41)/t16-,20-,21?,22?/m0/s1. The van der Waals surface area contributed by atoms with Gasteiger partial charge in [0.2, 0.25) is 0 Å². The quantitative estimate of drug-likeness (QED) is 0.0830. The Morgan fingerprint density at radius 3 is 2.54 bits per heavy atom. The summed E-state index contributed by atoms with van der Waals surface area (Å²) in [7, 11) is 0. The number of carboxylic acids is 1. The molecule has 1 aliphatic heterocycles. The SMILES string of the molecule is [C-]#[N+]NC(=NC[C@H](NC(=O)c1c(Cl)cc(C(O)CC(O)c2ccc3cn[nH]c3c2)cc1Cl)C(=O)O)N1CC[C@H](O)C1. The smallest absolute Gasteiger partial charge is 0.328 e. The lowest BCUT2D eigenvalue weighted by Crippen LogP contribution is -2.44. The fraction of sp³-hybridized carbons (Fsp3) is 0.346. The monoisotopic (exact) mass is 603 g/mol. The minimum atomic E-state index is -1.49. The number of aliphatic hydroxyl groups excluding tert-OH is 3. The Morgan fingerprint density at radius 2 is 1.90 bits per heavy atom. The molecule has 4 rings (SSSR count). The first-order valence-electron chi connectivity index (χ1n) is 12.5. The number of carbonyl (C=O) groups excluding carboxylic acids is 1. The molecule has 3 aromatic rings. The zero-order valence-electron chi connectivity index (χ0n) is 21.5. The van der Waals surface area contributed by atoms with Crippen LogP contribution in [0.1, 0.15) is 46.5 Å². The summed E-state index contributed by atoms with van der Waals surface area (Å²) in [6, 6.07) is 6.40. The summed E-state index contributed by atoms with van der Waals surface area (Å²) in [5.74, 6) is -2.18. The van der Waals surface area contributed by atoms with Gasteiger partial charge < -0.3 is 30.6 Å². The van der Waals surface area contributed by atoms with E-state index in [1.54, 1.807) is 29.3 Å². The first-order valence-corrected chi connectivity index (χ1v) is 13.2. The third kappa shape index (κ3) is 7.24. The lowest BCUT2D eigenvalue weighted by Gasteiger charge is -2.19. The van der Waals surface area contributed by atoms with E-state index in [4.69, 9.17) is 29.8 Å². The van der Waals surface area contributed by atoms with Crippen LogP contribution in [-0.2, 0) is 4.79 Å². The van der Waals surface area contributed by atoms with Gasteiger partial charge in [0.15, 0.2) is 0 Å². The van der Waals surface area contributed by atoms with Gasteiger partial charge in [-0.2, -0.15) is 16.6 Å². The van der Waals surface area contributed by atoms with Crippen molar-refractivity contribution in [1.29, 1.82) is 0 Å². The van der Waals surface area contributed by atoms with Crippen molar-refractivity contribution in [2.24, 2.45) is 4.99 Å². The number of aromatic amines is 1. The number of carbonyl (C=O) groups is 2. The molecule has 216 valence electrons. The zero-order valence-corrected chi connectivity index (χ0v) is 23.0. The summed E-state index contributed by atoms with van der Waals surface area (Å²) in [4.78, 5) is 33.6. The number of benzene rings is 2. The molecule has 2 unspecified atom stereocenters. The molecule has 15 heteroatoms. The molecule has 7 N–H and O–H groups in total. The fourth-order valence-corrected chi connectivity index (χ4v) is 5.11. The van der Waals surface area contributed by atoms with Gasteiger partial charge in [-0.3, -0.25) is 9.89 Å². The van der Waals surface area contributed by atoms with Crippen LogP contribution in [0.5, 0.6) is 0 Å². The molecule has 1 aliphatic rings. The second-order valence-corrected chi connectivity index (χ2v) is 10.3. The van der Waals surface area contributed by atoms with Crippen LogP contribution >= 0.6 is 23.2 Å². The first kappa shape index (κ1) is 30.0. The predicted octanol–water partition coefficient (Wildman–Crippen LogP) is 2.06. The maximum absolute atomic E-state index is 13.0. The average Bonchev–Trinajstić information content (AvgIpc) is 3.57. The van der Waals surface area contributed by atoms with Gasteiger partial charge in [-0.15, -0.1) is 0 Å². The lowest BCUT2D eigenvalue weighted by atomic mass is 9.97. The Balaban J connectivity index is 1.45. The number of guanidine groups is 1. The van der Waals surface area contributed by atoms with E-state index < -0.39 is 42.8 Å². The Bertz CT molecular complexity index is 1480. The average molecular weight is 604 g/mol. The predicted molar refractivity (Wildman–Crippen MR) is 150 cm³/mol. The molecule has 1 amide bonds. The van der Waals surface area contributed by atoms with E-state index >= 15 is 0 Å². The number of β-amino-alcohol motifs (C(OH)–C–C–N with tert-alkyl or cyclic N) is 1. The largest absolute Gasteiger partial charge is 0.480 e. The van der Waals surface area contributed by atoms with Crippen LogP contribution in [-0.4, -0.2) is 85.1 Å². The third-order valence-electron chi connectivity index (χ3n) is 6.62. The molecule has 4 atom stereocenters. The number of H-pyrrole nitrogens is 1. The number of hydrogen-bond donors (Lipinski definition) is 7. The van der Waals surface area contributed by atoms with Gasteiger partial charge in [0.05, 0.1) is 52.2 Å². The molecule has 2 aromatic carbocycles. The molecule has 1 fully saturated rings. The number of fused-ring (bicyclic) bond motifs is 1. The molecule has 1 aromatic heterocycles. The molecule has 0 radical (unpaired) electrons. The number of aliphatic imine (C=N–C) groups is 1. The molecule has 2 heterocycles. The summed E-state index contributed by atoms with van der Waals surface area (Å²) in [5.41, 5.74) is 3.70. The molecule has 1 saturated heterocycles. The number of nitrogens with one attached hydrogen (secondary N) is 3. The number of halogens is 2. The number of carboxylic acid groups (broad SMARTS) is 1. The van der Waals surface area contributed by atoms with Crippen LogP contribution in [0.2, 0.25) is 10.0 Å². The van der Waals surface area contributed by atoms with Crippen molar-refractivity contribution in [2.45, 2.75) is 37.2 Å². The van der Waals surface area contributed by atoms with Crippen LogP contribution < -0.4 is 10.7 Å². The number of nitrogens with zero attached hydrogens (tertiary/aromatic N) is 4. The van der Waals surface area contributed by atoms with Crippen molar-refractivity contribution < 1.29 is 30.0 Å². The van der Waals surface area contributed by atoms with E-state index in [0.29, 0.717) is 18.5 Å². The van der Waals surface area contributed by atoms with Crippen molar-refractivity contribution in [3.05, 3.63) is 74.8 Å². The number of amides is 1. The zero-order chi connectivity index (χ0) is 29.7. The maximum Gasteiger partial charge on any atom is 0.328 e. The van der Waals surface area contributed by atoms with Crippen molar-refractivity contribution >= 4 is 51.9 Å². The fourth-order valence-electron chi connectivity index (χ4n) is 4.43. The molecule has 0 bridgehead atoms. The van der Waals surface area contributed by atoms with Crippen molar-refractivity contribution in [2.75, 3.05) is 19.6 Å². The lowest BCUT2D eigenvalue weighted by molar-refractivity contribution is -0.138. The van der Waals surface area contributed by atoms with Crippen LogP contribution in [0.25, 0.3) is 15.9 Å². The van der Waals surface area contributed by atoms with Gasteiger partial charge in [-0.1, -0.05) is 40.8 Å². The molecule has 0 aliphatic carbocycles. The normalized spacial score (nSPS) is 17.6. The van der Waals surface area contributed by atoms with E-state index in [0.717, 1.165) is 10.9 Å². The highest BCUT2D eigenvalue weighted by Crippen LogP contribution is 2.33. The van der Waals surface area contributed by atoms with Crippen molar-refractivity contribution in [3.8, 4) is 0 Å². The second-order valence-electron chi connectivity index (χ2n) is 9.48. The highest BCUT2D eigenvalue weighted by molar-refractivity contribution is 6.39. The molecular weight excluding hydrogens is 577 g/mol. The second kappa shape index (κ2) is 13.2. The Morgan fingerprint density at radius 1 is 1.20 bits per heavy atom. The van der Waals surface area contributed by atoms with Crippen molar-refractivity contribution in [3.63, 3.8) is 0 Å². The number of rotatable bonds is 9. The van der Waals surface area contributed by atoms with E-state index in [9.17, 15) is 30.0 Å². The van der Waals surface area contributed by atoms with Gasteiger partial charge in [0.1, 0.15) is 6.04 Å². The third-order valence-corrected chi connectivity index (χ3v) is 7.22. The van der Waals surface area contributed by atoms with Gasteiger partial charge in [-0.05, 0) is 35.7 Å². The van der Waals surface area contributed by atoms with Gasteiger partial charge in [0.25, 0.3) is 11.9 Å². The summed E-state index contributed by atoms with van der Waals surface area (Å²) in [5, 5.41) is 50.5. The van der Waals surface area contributed by atoms with E-state index in [1.807, 2.05) is 0 Å². The number of aliphatic hydroxyl groups is 3. The summed E-state index contributed by atoms with van der Waals surface area (Å²) in [6.07, 6.45) is -0.776. The Hall–Kier alpha value is -3.93. The number of likely N-dealkylation sites (tertiary alicyclic amines) is 1. The number of aromatic nitrogens is 2.